The average molecular weight is 421 g/mol. The Balaban J connectivity index is 2.20. The van der Waals surface area contributed by atoms with Crippen LogP contribution in [0.3, 0.4) is 0 Å². The predicted octanol–water partition coefficient (Wildman–Crippen LogP) is 4.21. The Morgan fingerprint density at radius 3 is 1.55 bits per heavy atom. The molecule has 0 aliphatic carbocycles. The maximum Gasteiger partial charge on any atom is 0.416 e. The monoisotopic (exact) mass is 421 g/mol. The largest absolute Gasteiger partial charge is 0.416 e. The molecule has 0 bridgehead atoms. The number of hydrogen-bond donors (Lipinski definition) is 2. The summed E-state index contributed by atoms with van der Waals surface area (Å²) in [7, 11) is 0. The number of rotatable bonds is 3. The Labute approximate surface area is 157 Å². The molecule has 7 nitrogen and oxygen atoms in total. The number of nitrogens with one attached hydrogen (secondary N) is 2. The molecule has 0 aliphatic rings. The lowest BCUT2D eigenvalue weighted by Gasteiger charge is -2.14. The second kappa shape index (κ2) is 7.77. The molecule has 0 aliphatic heterocycles. The maximum atomic E-state index is 12.8. The topological polar surface area (TPSA) is 101 Å². The molecule has 0 saturated heterocycles. The molecule has 2 aromatic carbocycles. The first-order chi connectivity index (χ1) is 13.3. The SMILES string of the molecule is O=C(Nc1ccc([N+](=O)[O-])cc1)C(=O)Nc1cc(C(F)(F)F)cc(C(F)(F)F)c1. The van der Waals surface area contributed by atoms with Gasteiger partial charge in [0.1, 0.15) is 0 Å². The quantitative estimate of drug-likeness (QED) is 0.336. The lowest BCUT2D eigenvalue weighted by Crippen LogP contribution is -2.29. The number of anilines is 2. The van der Waals surface area contributed by atoms with Gasteiger partial charge in [-0.1, -0.05) is 0 Å². The molecule has 2 N–H and O–H groups in total. The molecule has 2 aromatic rings. The number of amides is 2. The molecule has 13 heteroatoms. The Hall–Kier alpha value is -3.64. The third-order valence-electron chi connectivity index (χ3n) is 3.39. The summed E-state index contributed by atoms with van der Waals surface area (Å²) in [6.45, 7) is 0. The maximum absolute atomic E-state index is 12.8. The first kappa shape index (κ1) is 21.7. The number of hydrogen-bond acceptors (Lipinski definition) is 4. The number of carbonyl (C=O) groups excluding carboxylic acids is 2. The number of benzene rings is 2. The minimum absolute atomic E-state index is 0.0595. The zero-order chi connectivity index (χ0) is 22.0. The molecule has 29 heavy (non-hydrogen) atoms. The van der Waals surface area contributed by atoms with Gasteiger partial charge in [0.05, 0.1) is 16.1 Å². The highest BCUT2D eigenvalue weighted by molar-refractivity contribution is 6.43. The highest BCUT2D eigenvalue weighted by Gasteiger charge is 2.37. The molecule has 0 fully saturated rings. The molecule has 154 valence electrons. The first-order valence-corrected chi connectivity index (χ1v) is 7.43. The summed E-state index contributed by atoms with van der Waals surface area (Å²) in [6.07, 6.45) is -10.2. The van der Waals surface area contributed by atoms with E-state index in [0.717, 1.165) is 24.3 Å². The summed E-state index contributed by atoms with van der Waals surface area (Å²) >= 11 is 0. The second-order valence-corrected chi connectivity index (χ2v) is 5.51. The van der Waals surface area contributed by atoms with Crippen LogP contribution in [-0.4, -0.2) is 16.7 Å². The Kier molecular flexibility index (Phi) is 5.80. The van der Waals surface area contributed by atoms with E-state index < -0.39 is 45.9 Å². The average Bonchev–Trinajstić information content (AvgIpc) is 2.60. The fourth-order valence-corrected chi connectivity index (χ4v) is 2.07. The van der Waals surface area contributed by atoms with Crippen LogP contribution in [0, 0.1) is 10.1 Å². The Morgan fingerprint density at radius 2 is 1.17 bits per heavy atom. The number of nitro groups is 1. The van der Waals surface area contributed by atoms with E-state index in [9.17, 15) is 46.0 Å². The lowest BCUT2D eigenvalue weighted by molar-refractivity contribution is -0.384. The highest BCUT2D eigenvalue weighted by Crippen LogP contribution is 2.37. The van der Waals surface area contributed by atoms with Crippen LogP contribution in [0.25, 0.3) is 0 Å². The number of non-ortho nitro benzene ring substituents is 1. The third-order valence-corrected chi connectivity index (χ3v) is 3.39. The van der Waals surface area contributed by atoms with Crippen LogP contribution in [0.4, 0.5) is 43.4 Å². The molecule has 0 unspecified atom stereocenters. The molecule has 0 atom stereocenters. The zero-order valence-corrected chi connectivity index (χ0v) is 13.9. The van der Waals surface area contributed by atoms with Gasteiger partial charge < -0.3 is 10.6 Å². The van der Waals surface area contributed by atoms with Gasteiger partial charge in [-0.15, -0.1) is 0 Å². The normalized spacial score (nSPS) is 11.7. The van der Waals surface area contributed by atoms with E-state index in [1.54, 1.807) is 5.32 Å². The smallest absolute Gasteiger partial charge is 0.318 e. The minimum atomic E-state index is -5.12. The van der Waals surface area contributed by atoms with E-state index in [0.29, 0.717) is 0 Å². The van der Waals surface area contributed by atoms with Crippen molar-refractivity contribution in [2.24, 2.45) is 0 Å². The summed E-state index contributed by atoms with van der Waals surface area (Å²) in [5.41, 5.74) is -4.60. The van der Waals surface area contributed by atoms with Gasteiger partial charge in [-0.25, -0.2) is 0 Å². The standard InChI is InChI=1S/C16H9F6N3O4/c17-15(18,19)8-5-9(16(20,21)22)7-11(6-8)24-14(27)13(26)23-10-1-3-12(4-2-10)25(28)29/h1-7H,(H,23,26)(H,24,27). The van der Waals surface area contributed by atoms with Crippen molar-refractivity contribution in [3.63, 3.8) is 0 Å². The highest BCUT2D eigenvalue weighted by atomic mass is 19.4. The van der Waals surface area contributed by atoms with E-state index in [1.807, 2.05) is 5.32 Å². The van der Waals surface area contributed by atoms with E-state index in [-0.39, 0.29) is 29.6 Å². The molecule has 0 spiro atoms. The van der Waals surface area contributed by atoms with Gasteiger partial charge in [0.25, 0.3) is 5.69 Å². The van der Waals surface area contributed by atoms with E-state index in [2.05, 4.69) is 0 Å². The molecule has 0 heterocycles. The van der Waals surface area contributed by atoms with Crippen molar-refractivity contribution in [3.8, 4) is 0 Å². The number of halogens is 6. The van der Waals surface area contributed by atoms with E-state index in [1.165, 1.54) is 0 Å². The van der Waals surface area contributed by atoms with Crippen molar-refractivity contribution in [1.82, 2.24) is 0 Å². The predicted molar refractivity (Wildman–Crippen MR) is 86.8 cm³/mol. The second-order valence-electron chi connectivity index (χ2n) is 5.51. The summed E-state index contributed by atoms with van der Waals surface area (Å²) in [6, 6.07) is 4.53. The fraction of sp³-hybridized carbons (Fsp3) is 0.125. The van der Waals surface area contributed by atoms with Gasteiger partial charge in [0.2, 0.25) is 0 Å². The molecule has 0 radical (unpaired) electrons. The van der Waals surface area contributed by atoms with Crippen LogP contribution in [0.15, 0.2) is 42.5 Å². The molecule has 2 rings (SSSR count). The van der Waals surface area contributed by atoms with Gasteiger partial charge >= 0.3 is 24.2 Å². The van der Waals surface area contributed by atoms with Crippen molar-refractivity contribution >= 4 is 28.9 Å². The number of nitrogens with zero attached hydrogens (tertiary/aromatic N) is 1. The molecular formula is C16H9F6N3O4. The van der Waals surface area contributed by atoms with Crippen LogP contribution in [0.5, 0.6) is 0 Å². The Bertz CT molecular complexity index is 922. The third kappa shape index (κ3) is 5.67. The van der Waals surface area contributed by atoms with Crippen LogP contribution in [-0.2, 0) is 21.9 Å². The van der Waals surface area contributed by atoms with E-state index >= 15 is 0 Å². The zero-order valence-electron chi connectivity index (χ0n) is 13.9. The number of carbonyl (C=O) groups is 2. The molecule has 0 saturated carbocycles. The van der Waals surface area contributed by atoms with Gasteiger partial charge in [0.15, 0.2) is 0 Å². The minimum Gasteiger partial charge on any atom is -0.318 e. The van der Waals surface area contributed by atoms with Crippen molar-refractivity contribution < 1.29 is 40.9 Å². The van der Waals surface area contributed by atoms with E-state index in [4.69, 9.17) is 0 Å². The molecule has 0 aromatic heterocycles. The molecule has 2 amide bonds. The summed E-state index contributed by atoms with van der Waals surface area (Å²) < 4.78 is 76.8. The van der Waals surface area contributed by atoms with Crippen molar-refractivity contribution in [1.29, 1.82) is 0 Å². The van der Waals surface area contributed by atoms with Crippen molar-refractivity contribution in [2.75, 3.05) is 10.6 Å². The van der Waals surface area contributed by atoms with Gasteiger partial charge in [-0.3, -0.25) is 19.7 Å². The summed E-state index contributed by atoms with van der Waals surface area (Å²) in [4.78, 5) is 33.4. The lowest BCUT2D eigenvalue weighted by atomic mass is 10.1. The van der Waals surface area contributed by atoms with Crippen molar-refractivity contribution in [2.45, 2.75) is 12.4 Å². The summed E-state index contributed by atoms with van der Waals surface area (Å²) in [5.74, 6) is -2.96. The number of alkyl halides is 6. The van der Waals surface area contributed by atoms with Crippen LogP contribution in [0.2, 0.25) is 0 Å². The van der Waals surface area contributed by atoms with Gasteiger partial charge in [-0.2, -0.15) is 26.3 Å². The fourth-order valence-electron chi connectivity index (χ4n) is 2.07. The summed E-state index contributed by atoms with van der Waals surface area (Å²) in [5, 5.41) is 14.2. The van der Waals surface area contributed by atoms with Crippen LogP contribution < -0.4 is 10.6 Å². The van der Waals surface area contributed by atoms with Gasteiger partial charge in [0, 0.05) is 23.5 Å². The first-order valence-electron chi connectivity index (χ1n) is 7.43. The number of nitro benzene ring substituents is 1. The molecular weight excluding hydrogens is 412 g/mol. The van der Waals surface area contributed by atoms with Crippen LogP contribution >= 0.6 is 0 Å². The van der Waals surface area contributed by atoms with Crippen molar-refractivity contribution in [3.05, 3.63) is 63.7 Å². The Morgan fingerprint density at radius 1 is 0.759 bits per heavy atom. The van der Waals surface area contributed by atoms with Crippen LogP contribution in [0.1, 0.15) is 11.1 Å². The van der Waals surface area contributed by atoms with Gasteiger partial charge in [-0.05, 0) is 30.3 Å².